The number of aliphatic hydroxyl groups excluding tert-OH is 1. The first-order valence-electron chi connectivity index (χ1n) is 6.90. The van der Waals surface area contributed by atoms with Crippen molar-refractivity contribution in [2.45, 2.75) is 6.04 Å². The van der Waals surface area contributed by atoms with Crippen LogP contribution in [-0.2, 0) is 0 Å². The maximum absolute atomic E-state index is 12.4. The number of H-pyrrole nitrogens is 1. The third kappa shape index (κ3) is 1.92. The lowest BCUT2D eigenvalue weighted by Crippen LogP contribution is -2.30. The molecule has 0 aromatic heterocycles. The summed E-state index contributed by atoms with van der Waals surface area (Å²) in [6, 6.07) is 14.9. The van der Waals surface area contributed by atoms with E-state index in [0.29, 0.717) is 5.56 Å². The van der Waals surface area contributed by atoms with Crippen LogP contribution in [-0.4, -0.2) is 22.6 Å². The molecule has 1 aliphatic heterocycles. The minimum atomic E-state index is -0.390. The van der Waals surface area contributed by atoms with Crippen LogP contribution in [0, 0.1) is 0 Å². The Balaban J connectivity index is 1.58. The number of pyridine rings is 1. The Hall–Kier alpha value is -2.59. The number of carbonyl (C=O) groups excluding carboxylic acids is 1. The number of benzene rings is 1. The average molecular weight is 278 g/mol. The summed E-state index contributed by atoms with van der Waals surface area (Å²) < 4.78 is 0. The SMILES string of the molecule is O=C(N[C@H](CO)c1ccccc1)c1ccc2c3[nH]c-3cc1-2. The first kappa shape index (κ1) is 12.2. The van der Waals surface area contributed by atoms with Gasteiger partial charge in [-0.3, -0.25) is 4.79 Å². The normalized spacial score (nSPS) is 13.2. The largest absolute Gasteiger partial charge is 0.394 e. The number of aromatic nitrogens is 1. The number of carbonyl (C=O) groups is 1. The van der Waals surface area contributed by atoms with Gasteiger partial charge in [0.05, 0.1) is 24.0 Å². The van der Waals surface area contributed by atoms with Crippen molar-refractivity contribution in [1.82, 2.24) is 10.3 Å². The molecule has 0 spiro atoms. The lowest BCUT2D eigenvalue weighted by molar-refractivity contribution is 0.0917. The van der Waals surface area contributed by atoms with Crippen LogP contribution in [0.1, 0.15) is 22.0 Å². The van der Waals surface area contributed by atoms with Crippen LogP contribution in [0.2, 0.25) is 0 Å². The van der Waals surface area contributed by atoms with E-state index < -0.39 is 6.04 Å². The van der Waals surface area contributed by atoms with Gasteiger partial charge >= 0.3 is 0 Å². The second-order valence-electron chi connectivity index (χ2n) is 5.25. The van der Waals surface area contributed by atoms with E-state index in [1.807, 2.05) is 48.5 Å². The van der Waals surface area contributed by atoms with E-state index in [1.54, 1.807) is 0 Å². The monoisotopic (exact) mass is 278 g/mol. The standard InChI is InChI=1S/C17H14N2O2/c20-9-15(10-4-2-1-3-5-10)19-17(21)12-7-6-11-13(12)8-14-16(11)18-14/h1-8,15,18,20H,9H2,(H,19,21)/t15-/m1/s1. The van der Waals surface area contributed by atoms with Crippen LogP contribution in [0.5, 0.6) is 0 Å². The molecule has 0 unspecified atom stereocenters. The number of nitrogens with one attached hydrogen (secondary N) is 2. The molecule has 0 saturated heterocycles. The van der Waals surface area contributed by atoms with Crippen LogP contribution in [0.25, 0.3) is 22.5 Å². The third-order valence-electron chi connectivity index (χ3n) is 3.96. The quantitative estimate of drug-likeness (QED) is 0.537. The molecule has 1 amide bonds. The van der Waals surface area contributed by atoms with Gasteiger partial charge in [-0.15, -0.1) is 0 Å². The van der Waals surface area contributed by atoms with Gasteiger partial charge in [0.1, 0.15) is 0 Å². The Morgan fingerprint density at radius 1 is 1.14 bits per heavy atom. The zero-order valence-corrected chi connectivity index (χ0v) is 11.3. The molecule has 4 nitrogen and oxygen atoms in total. The summed E-state index contributed by atoms with van der Waals surface area (Å²) in [4.78, 5) is 15.6. The van der Waals surface area contributed by atoms with Crippen LogP contribution in [0.4, 0.5) is 0 Å². The molecule has 0 saturated carbocycles. The van der Waals surface area contributed by atoms with Gasteiger partial charge < -0.3 is 15.4 Å². The number of aromatic amines is 1. The predicted octanol–water partition coefficient (Wildman–Crippen LogP) is 2.56. The van der Waals surface area contributed by atoms with E-state index in [-0.39, 0.29) is 12.5 Å². The minimum absolute atomic E-state index is 0.126. The van der Waals surface area contributed by atoms with Gasteiger partial charge in [0.2, 0.25) is 0 Å². The third-order valence-corrected chi connectivity index (χ3v) is 3.96. The van der Waals surface area contributed by atoms with E-state index in [4.69, 9.17) is 0 Å². The Morgan fingerprint density at radius 3 is 2.71 bits per heavy atom. The average Bonchev–Trinajstić information content (AvgIpc) is 3.00. The Morgan fingerprint density at radius 2 is 1.95 bits per heavy atom. The van der Waals surface area contributed by atoms with Gasteiger partial charge in [-0.05, 0) is 23.3 Å². The van der Waals surface area contributed by atoms with E-state index in [1.165, 1.54) is 0 Å². The van der Waals surface area contributed by atoms with Crippen molar-refractivity contribution in [3.8, 4) is 22.5 Å². The van der Waals surface area contributed by atoms with Gasteiger partial charge in [0.25, 0.3) is 5.91 Å². The molecule has 1 atom stereocenters. The van der Waals surface area contributed by atoms with Crippen LogP contribution >= 0.6 is 0 Å². The highest BCUT2D eigenvalue weighted by Gasteiger charge is 2.28. The van der Waals surface area contributed by atoms with Crippen molar-refractivity contribution in [3.63, 3.8) is 0 Å². The van der Waals surface area contributed by atoms with Gasteiger partial charge in [0, 0.05) is 11.1 Å². The smallest absolute Gasteiger partial charge is 0.252 e. The molecule has 104 valence electrons. The lowest BCUT2D eigenvalue weighted by atomic mass is 10.1. The molecule has 0 fully saturated rings. The molecule has 4 rings (SSSR count). The van der Waals surface area contributed by atoms with Crippen molar-refractivity contribution in [2.24, 2.45) is 0 Å². The fourth-order valence-corrected chi connectivity index (χ4v) is 2.79. The van der Waals surface area contributed by atoms with Gasteiger partial charge in [-0.2, -0.15) is 0 Å². The van der Waals surface area contributed by atoms with Crippen molar-refractivity contribution >= 4 is 5.91 Å². The number of hydrogen-bond donors (Lipinski definition) is 3. The second-order valence-corrected chi connectivity index (χ2v) is 5.25. The Labute approximate surface area is 121 Å². The summed E-state index contributed by atoms with van der Waals surface area (Å²) in [5, 5.41) is 12.4. The molecular formula is C17H14N2O2. The van der Waals surface area contributed by atoms with Crippen LogP contribution < -0.4 is 5.32 Å². The van der Waals surface area contributed by atoms with E-state index in [0.717, 1.165) is 28.1 Å². The molecule has 1 aromatic carbocycles. The summed E-state index contributed by atoms with van der Waals surface area (Å²) in [6.45, 7) is -0.126. The fourth-order valence-electron chi connectivity index (χ4n) is 2.79. The van der Waals surface area contributed by atoms with Gasteiger partial charge in [0.15, 0.2) is 0 Å². The summed E-state index contributed by atoms with van der Waals surface area (Å²) in [7, 11) is 0. The summed E-state index contributed by atoms with van der Waals surface area (Å²) >= 11 is 0. The number of hydrogen-bond acceptors (Lipinski definition) is 2. The van der Waals surface area contributed by atoms with E-state index in [2.05, 4.69) is 10.3 Å². The highest BCUT2D eigenvalue weighted by Crippen LogP contribution is 2.45. The number of amides is 1. The zero-order chi connectivity index (χ0) is 14.4. The first-order chi connectivity index (χ1) is 10.3. The number of fused-ring (bicyclic) bond motifs is 3. The van der Waals surface area contributed by atoms with E-state index in [9.17, 15) is 9.90 Å². The molecule has 1 aromatic rings. The molecule has 1 heterocycles. The Kier molecular flexibility index (Phi) is 2.59. The molecule has 2 aliphatic carbocycles. The molecule has 3 N–H and O–H groups in total. The highest BCUT2D eigenvalue weighted by atomic mass is 16.3. The lowest BCUT2D eigenvalue weighted by Gasteiger charge is -2.16. The van der Waals surface area contributed by atoms with Gasteiger partial charge in [-0.25, -0.2) is 0 Å². The van der Waals surface area contributed by atoms with E-state index >= 15 is 0 Å². The maximum atomic E-state index is 12.4. The van der Waals surface area contributed by atoms with Crippen LogP contribution in [0.3, 0.4) is 0 Å². The summed E-state index contributed by atoms with van der Waals surface area (Å²) in [6.07, 6.45) is 0. The van der Waals surface area contributed by atoms with Crippen LogP contribution in [0.15, 0.2) is 48.5 Å². The molecule has 0 bridgehead atoms. The maximum Gasteiger partial charge on any atom is 0.252 e. The highest BCUT2D eigenvalue weighted by molar-refractivity contribution is 6.07. The first-order valence-corrected chi connectivity index (χ1v) is 6.90. The van der Waals surface area contributed by atoms with Crippen molar-refractivity contribution in [3.05, 3.63) is 59.7 Å². The fraction of sp³-hybridized carbons (Fsp3) is 0.118. The zero-order valence-electron chi connectivity index (χ0n) is 11.3. The van der Waals surface area contributed by atoms with Crippen molar-refractivity contribution < 1.29 is 9.90 Å². The topological polar surface area (TPSA) is 65.1 Å². The molecule has 3 aliphatic rings. The van der Waals surface area contributed by atoms with Gasteiger partial charge in [-0.1, -0.05) is 36.4 Å². The second kappa shape index (κ2) is 4.46. The summed E-state index contributed by atoms with van der Waals surface area (Å²) in [5.41, 5.74) is 5.86. The molecule has 21 heavy (non-hydrogen) atoms. The predicted molar refractivity (Wildman–Crippen MR) is 80.1 cm³/mol. The van der Waals surface area contributed by atoms with Crippen molar-refractivity contribution in [2.75, 3.05) is 6.61 Å². The Bertz CT molecular complexity index is 792. The van der Waals surface area contributed by atoms with Crippen molar-refractivity contribution in [1.29, 1.82) is 0 Å². The molecule has 0 radical (unpaired) electrons. The minimum Gasteiger partial charge on any atom is -0.394 e. The number of aliphatic hydroxyl groups is 1. The summed E-state index contributed by atoms with van der Waals surface area (Å²) in [5.74, 6) is -0.155. The number of rotatable bonds is 4. The molecular weight excluding hydrogens is 264 g/mol. The molecule has 4 heteroatoms.